The predicted octanol–water partition coefficient (Wildman–Crippen LogP) is 3.84. The minimum atomic E-state index is -0.706. The first-order valence-electron chi connectivity index (χ1n) is 9.69. The van der Waals surface area contributed by atoms with Crippen molar-refractivity contribution in [3.63, 3.8) is 0 Å². The first-order valence-corrected chi connectivity index (χ1v) is 9.69. The monoisotopic (exact) mass is 330 g/mol. The second-order valence-electron chi connectivity index (χ2n) is 9.39. The molecule has 0 heterocycles. The molecule has 0 amide bonds. The van der Waals surface area contributed by atoms with Crippen LogP contribution in [0.1, 0.15) is 72.1 Å². The summed E-state index contributed by atoms with van der Waals surface area (Å²) in [7, 11) is 0. The molecule has 4 aliphatic rings. The van der Waals surface area contributed by atoms with Crippen molar-refractivity contribution < 1.29 is 14.7 Å². The molecule has 0 saturated heterocycles. The van der Waals surface area contributed by atoms with Crippen molar-refractivity contribution in [2.24, 2.45) is 28.6 Å². The Bertz CT molecular complexity index is 635. The van der Waals surface area contributed by atoms with Gasteiger partial charge in [-0.15, -0.1) is 0 Å². The van der Waals surface area contributed by atoms with Gasteiger partial charge in [-0.05, 0) is 75.2 Å². The lowest BCUT2D eigenvalue weighted by atomic mass is 9.45. The van der Waals surface area contributed by atoms with E-state index in [0.29, 0.717) is 12.3 Å². The minimum absolute atomic E-state index is 0.0149. The molecule has 0 bridgehead atoms. The van der Waals surface area contributed by atoms with Gasteiger partial charge in [0.25, 0.3) is 0 Å². The Morgan fingerprint density at radius 1 is 1.08 bits per heavy atom. The molecule has 3 saturated carbocycles. The number of carbonyl (C=O) groups is 2. The molecule has 4 aliphatic carbocycles. The SMILES string of the molecule is CC(=O)[C@H]1CCC2(O)[C@@H]3CCC4=CC(=O)CC[C@]4(C)[C@H]3CC[C@]12C. The maximum absolute atomic E-state index is 12.2. The van der Waals surface area contributed by atoms with E-state index < -0.39 is 5.60 Å². The second kappa shape index (κ2) is 5.03. The van der Waals surface area contributed by atoms with Crippen LogP contribution in [0, 0.1) is 28.6 Å². The molecular weight excluding hydrogens is 300 g/mol. The lowest BCUT2D eigenvalue weighted by Crippen LogP contribution is -2.61. The highest BCUT2D eigenvalue weighted by atomic mass is 16.3. The van der Waals surface area contributed by atoms with E-state index in [2.05, 4.69) is 13.8 Å². The number of ketones is 2. The molecule has 4 rings (SSSR count). The van der Waals surface area contributed by atoms with Gasteiger partial charge in [0.2, 0.25) is 0 Å². The summed E-state index contributed by atoms with van der Waals surface area (Å²) in [6.07, 6.45) is 9.01. The molecule has 0 aromatic carbocycles. The first kappa shape index (κ1) is 16.5. The fourth-order valence-corrected chi connectivity index (χ4v) is 7.18. The molecule has 3 nitrogen and oxygen atoms in total. The van der Waals surface area contributed by atoms with Crippen LogP contribution < -0.4 is 0 Å². The highest BCUT2D eigenvalue weighted by molar-refractivity contribution is 5.91. The van der Waals surface area contributed by atoms with Crippen LogP contribution in [0.4, 0.5) is 0 Å². The number of Topliss-reactive ketones (excluding diaryl/α,β-unsaturated/α-hetero) is 1. The third-order valence-electron chi connectivity index (χ3n) is 8.64. The summed E-state index contributed by atoms with van der Waals surface area (Å²) in [6, 6.07) is 0. The number of hydrogen-bond donors (Lipinski definition) is 1. The quantitative estimate of drug-likeness (QED) is 0.795. The largest absolute Gasteiger partial charge is 0.389 e. The minimum Gasteiger partial charge on any atom is -0.389 e. The Hall–Kier alpha value is -0.960. The van der Waals surface area contributed by atoms with E-state index in [1.54, 1.807) is 6.92 Å². The topological polar surface area (TPSA) is 54.4 Å². The summed E-state index contributed by atoms with van der Waals surface area (Å²) in [5.74, 6) is 1.27. The molecule has 0 spiro atoms. The van der Waals surface area contributed by atoms with E-state index in [1.807, 2.05) is 6.08 Å². The van der Waals surface area contributed by atoms with E-state index in [-0.39, 0.29) is 34.2 Å². The Morgan fingerprint density at radius 3 is 2.54 bits per heavy atom. The zero-order valence-corrected chi connectivity index (χ0v) is 15.2. The van der Waals surface area contributed by atoms with Crippen molar-refractivity contribution in [3.05, 3.63) is 11.6 Å². The molecule has 3 fully saturated rings. The highest BCUT2D eigenvalue weighted by Gasteiger charge is 2.67. The summed E-state index contributed by atoms with van der Waals surface area (Å²) < 4.78 is 0. The van der Waals surface area contributed by atoms with Crippen LogP contribution in [-0.2, 0) is 9.59 Å². The average molecular weight is 330 g/mol. The van der Waals surface area contributed by atoms with E-state index >= 15 is 0 Å². The molecule has 0 aromatic rings. The molecule has 1 N–H and O–H groups in total. The van der Waals surface area contributed by atoms with Gasteiger partial charge >= 0.3 is 0 Å². The van der Waals surface area contributed by atoms with Gasteiger partial charge in [-0.2, -0.15) is 0 Å². The Balaban J connectivity index is 1.73. The fourth-order valence-electron chi connectivity index (χ4n) is 7.18. The zero-order chi connectivity index (χ0) is 17.3. The molecule has 0 radical (unpaired) electrons. The van der Waals surface area contributed by atoms with E-state index in [0.717, 1.165) is 44.9 Å². The van der Waals surface area contributed by atoms with Crippen LogP contribution in [0.3, 0.4) is 0 Å². The van der Waals surface area contributed by atoms with Crippen LogP contribution in [0.5, 0.6) is 0 Å². The van der Waals surface area contributed by atoms with Crippen LogP contribution in [0.25, 0.3) is 0 Å². The van der Waals surface area contributed by atoms with Crippen molar-refractivity contribution >= 4 is 11.6 Å². The van der Waals surface area contributed by atoms with Gasteiger partial charge < -0.3 is 5.11 Å². The van der Waals surface area contributed by atoms with Crippen LogP contribution >= 0.6 is 0 Å². The third kappa shape index (κ3) is 1.88. The smallest absolute Gasteiger partial charge is 0.155 e. The highest BCUT2D eigenvalue weighted by Crippen LogP contribution is 2.68. The molecule has 0 aromatic heterocycles. The molecule has 132 valence electrons. The fraction of sp³-hybridized carbons (Fsp3) is 0.810. The van der Waals surface area contributed by atoms with Crippen LogP contribution in [-0.4, -0.2) is 22.3 Å². The predicted molar refractivity (Wildman–Crippen MR) is 92.3 cm³/mol. The van der Waals surface area contributed by atoms with E-state index in [1.165, 1.54) is 5.57 Å². The maximum atomic E-state index is 12.2. The number of hydrogen-bond acceptors (Lipinski definition) is 3. The Kier molecular flexibility index (Phi) is 3.46. The molecule has 3 heteroatoms. The van der Waals surface area contributed by atoms with Crippen molar-refractivity contribution in [3.8, 4) is 0 Å². The van der Waals surface area contributed by atoms with Crippen molar-refractivity contribution in [1.82, 2.24) is 0 Å². The third-order valence-corrected chi connectivity index (χ3v) is 8.64. The Labute approximate surface area is 144 Å². The molecular formula is C21H30O3. The number of fused-ring (bicyclic) bond motifs is 5. The van der Waals surface area contributed by atoms with Gasteiger partial charge in [0, 0.05) is 17.8 Å². The zero-order valence-electron chi connectivity index (χ0n) is 15.2. The Morgan fingerprint density at radius 2 is 1.83 bits per heavy atom. The number of rotatable bonds is 1. The van der Waals surface area contributed by atoms with Crippen LogP contribution in [0.15, 0.2) is 11.6 Å². The summed E-state index contributed by atoms with van der Waals surface area (Å²) in [6.45, 7) is 6.19. The van der Waals surface area contributed by atoms with Crippen molar-refractivity contribution in [2.75, 3.05) is 0 Å². The van der Waals surface area contributed by atoms with E-state index in [4.69, 9.17) is 0 Å². The van der Waals surface area contributed by atoms with Gasteiger partial charge in [0.05, 0.1) is 5.60 Å². The molecule has 6 atom stereocenters. The summed E-state index contributed by atoms with van der Waals surface area (Å²) >= 11 is 0. The van der Waals surface area contributed by atoms with Gasteiger partial charge in [0.1, 0.15) is 5.78 Å². The molecule has 0 aliphatic heterocycles. The van der Waals surface area contributed by atoms with Gasteiger partial charge in [0.15, 0.2) is 5.78 Å². The average Bonchev–Trinajstić information content (AvgIpc) is 2.80. The second-order valence-corrected chi connectivity index (χ2v) is 9.39. The summed E-state index contributed by atoms with van der Waals surface area (Å²) in [5.41, 5.74) is 0.431. The lowest BCUT2D eigenvalue weighted by Gasteiger charge is -2.61. The first-order chi connectivity index (χ1) is 11.2. The van der Waals surface area contributed by atoms with Crippen molar-refractivity contribution in [1.29, 1.82) is 0 Å². The van der Waals surface area contributed by atoms with Crippen molar-refractivity contribution in [2.45, 2.75) is 77.7 Å². The molecule has 1 unspecified atom stereocenters. The summed E-state index contributed by atoms with van der Waals surface area (Å²) in [4.78, 5) is 24.0. The number of carbonyl (C=O) groups excluding carboxylic acids is 2. The maximum Gasteiger partial charge on any atom is 0.155 e. The standard InChI is InChI=1S/C21H30O3/c1-13(22)16-8-11-21(24)18-5-4-14-12-15(23)6-9-19(14,2)17(18)7-10-20(16,21)3/h12,16-18,24H,4-11H2,1-3H3/t16-,17+,18-,19+,20-,21?/m1/s1. The molecule has 24 heavy (non-hydrogen) atoms. The van der Waals surface area contributed by atoms with Gasteiger partial charge in [-0.25, -0.2) is 0 Å². The normalized spacial score (nSPS) is 50.6. The van der Waals surface area contributed by atoms with Crippen LogP contribution in [0.2, 0.25) is 0 Å². The van der Waals surface area contributed by atoms with Gasteiger partial charge in [-0.3, -0.25) is 9.59 Å². The lowest BCUT2D eigenvalue weighted by molar-refractivity contribution is -0.185. The number of allylic oxidation sites excluding steroid dienone is 1. The van der Waals surface area contributed by atoms with E-state index in [9.17, 15) is 14.7 Å². The number of aliphatic hydroxyl groups is 1. The van der Waals surface area contributed by atoms with Gasteiger partial charge in [-0.1, -0.05) is 19.4 Å². The summed E-state index contributed by atoms with van der Waals surface area (Å²) in [5, 5.41) is 11.8.